The van der Waals surface area contributed by atoms with Crippen molar-refractivity contribution in [3.8, 4) is 0 Å². The molecule has 0 heterocycles. The summed E-state index contributed by atoms with van der Waals surface area (Å²) in [5.74, 6) is -4.01. The van der Waals surface area contributed by atoms with Crippen molar-refractivity contribution < 1.29 is 13.2 Å². The number of hydrogen-bond acceptors (Lipinski definition) is 1. The first-order valence-electron chi connectivity index (χ1n) is 5.40. The van der Waals surface area contributed by atoms with E-state index in [1.54, 1.807) is 0 Å². The fourth-order valence-corrected chi connectivity index (χ4v) is 2.56. The van der Waals surface area contributed by atoms with Crippen molar-refractivity contribution in [1.82, 2.24) is 0 Å². The summed E-state index contributed by atoms with van der Waals surface area (Å²) in [6.07, 6.45) is 0. The Balaban J connectivity index is 2.21. The first-order valence-corrected chi connectivity index (χ1v) is 6.53. The molecule has 7 heteroatoms. The number of hydrogen-bond donors (Lipinski definition) is 1. The largest absolute Gasteiger partial charge is 0.379 e. The molecule has 0 radical (unpaired) electrons. The van der Waals surface area contributed by atoms with Gasteiger partial charge in [-0.25, -0.2) is 13.2 Å². The molecular formula is C13H7Cl3F3N. The molecule has 0 bridgehead atoms. The molecule has 0 saturated heterocycles. The lowest BCUT2D eigenvalue weighted by molar-refractivity contribution is 0.445. The van der Waals surface area contributed by atoms with Crippen LogP contribution in [0.4, 0.5) is 18.9 Å². The summed E-state index contributed by atoms with van der Waals surface area (Å²) in [6, 6.07) is 4.73. The van der Waals surface area contributed by atoms with E-state index in [4.69, 9.17) is 34.8 Å². The van der Waals surface area contributed by atoms with Gasteiger partial charge in [0.15, 0.2) is 17.5 Å². The number of halogens is 6. The lowest BCUT2D eigenvalue weighted by Gasteiger charge is -2.11. The van der Waals surface area contributed by atoms with Crippen LogP contribution in [0.15, 0.2) is 24.3 Å². The molecule has 0 unspecified atom stereocenters. The topological polar surface area (TPSA) is 12.0 Å². The minimum absolute atomic E-state index is 0.0230. The third kappa shape index (κ3) is 3.32. The van der Waals surface area contributed by atoms with Crippen LogP contribution in [-0.2, 0) is 6.54 Å². The smallest absolute Gasteiger partial charge is 0.194 e. The maximum Gasteiger partial charge on any atom is 0.194 e. The molecule has 0 spiro atoms. The number of benzene rings is 2. The van der Waals surface area contributed by atoms with E-state index in [1.807, 2.05) is 0 Å². The molecule has 0 amide bonds. The summed E-state index contributed by atoms with van der Waals surface area (Å²) >= 11 is 17.7. The van der Waals surface area contributed by atoms with Crippen molar-refractivity contribution in [1.29, 1.82) is 0 Å². The molecule has 1 nitrogen and oxygen atoms in total. The van der Waals surface area contributed by atoms with Gasteiger partial charge in [-0.1, -0.05) is 34.8 Å². The highest BCUT2D eigenvalue weighted by Gasteiger charge is 2.12. The van der Waals surface area contributed by atoms with Gasteiger partial charge in [-0.05, 0) is 29.8 Å². The van der Waals surface area contributed by atoms with E-state index in [9.17, 15) is 13.2 Å². The fraction of sp³-hybridized carbons (Fsp3) is 0.0769. The molecule has 0 fully saturated rings. The molecule has 0 saturated carbocycles. The summed E-state index contributed by atoms with van der Waals surface area (Å²) in [5.41, 5.74) is 0.589. The van der Waals surface area contributed by atoms with Crippen LogP contribution >= 0.6 is 34.8 Å². The zero-order valence-electron chi connectivity index (χ0n) is 9.78. The summed E-state index contributed by atoms with van der Waals surface area (Å²) in [6.45, 7) is 0.0230. The van der Waals surface area contributed by atoms with Crippen LogP contribution in [0.25, 0.3) is 0 Å². The molecule has 0 aliphatic heterocycles. The molecule has 0 aliphatic rings. The summed E-state index contributed by atoms with van der Waals surface area (Å²) < 4.78 is 38.9. The van der Waals surface area contributed by atoms with E-state index in [0.717, 1.165) is 12.1 Å². The lowest BCUT2D eigenvalue weighted by Crippen LogP contribution is -2.03. The standard InChI is InChI=1S/C13H7Cl3F3N/c14-7-3-8(15)13(9(16)4-7)20-5-6-1-10(17)12(19)11(18)2-6/h1-4,20H,5H2. The predicted octanol–water partition coefficient (Wildman–Crippen LogP) is 5.68. The Morgan fingerprint density at radius 2 is 1.35 bits per heavy atom. The van der Waals surface area contributed by atoms with Gasteiger partial charge in [0.1, 0.15) is 0 Å². The summed E-state index contributed by atoms with van der Waals surface area (Å²) in [4.78, 5) is 0. The first kappa shape index (κ1) is 15.3. The highest BCUT2D eigenvalue weighted by molar-refractivity contribution is 6.41. The van der Waals surface area contributed by atoms with Gasteiger partial charge in [-0.15, -0.1) is 0 Å². The van der Waals surface area contributed by atoms with E-state index in [0.29, 0.717) is 10.7 Å². The SMILES string of the molecule is Fc1cc(CNc2c(Cl)cc(Cl)cc2Cl)cc(F)c1F. The van der Waals surface area contributed by atoms with Gasteiger partial charge in [-0.2, -0.15) is 0 Å². The first-order chi connectivity index (χ1) is 9.38. The molecule has 106 valence electrons. The minimum atomic E-state index is -1.50. The molecule has 2 aromatic carbocycles. The van der Waals surface area contributed by atoms with Crippen LogP contribution in [0.3, 0.4) is 0 Å². The van der Waals surface area contributed by atoms with Gasteiger partial charge in [-0.3, -0.25) is 0 Å². The van der Waals surface area contributed by atoms with Crippen LogP contribution in [0, 0.1) is 17.5 Å². The Bertz CT molecular complexity index is 615. The average Bonchev–Trinajstić information content (AvgIpc) is 2.34. The molecular weight excluding hydrogens is 334 g/mol. The van der Waals surface area contributed by atoms with Crippen LogP contribution in [0.1, 0.15) is 5.56 Å². The summed E-state index contributed by atoms with van der Waals surface area (Å²) in [7, 11) is 0. The number of nitrogens with one attached hydrogen (secondary N) is 1. The highest BCUT2D eigenvalue weighted by Crippen LogP contribution is 2.34. The minimum Gasteiger partial charge on any atom is -0.379 e. The van der Waals surface area contributed by atoms with E-state index in [-0.39, 0.29) is 22.2 Å². The molecule has 2 rings (SSSR count). The molecule has 0 aliphatic carbocycles. The van der Waals surface area contributed by atoms with E-state index in [2.05, 4.69) is 5.32 Å². The maximum atomic E-state index is 13.1. The van der Waals surface area contributed by atoms with Crippen molar-refractivity contribution in [2.24, 2.45) is 0 Å². The Kier molecular flexibility index (Phi) is 4.68. The van der Waals surface area contributed by atoms with Crippen LogP contribution < -0.4 is 5.32 Å². The second kappa shape index (κ2) is 6.12. The Morgan fingerprint density at radius 3 is 1.85 bits per heavy atom. The van der Waals surface area contributed by atoms with E-state index in [1.165, 1.54) is 12.1 Å². The lowest BCUT2D eigenvalue weighted by atomic mass is 10.2. The maximum absolute atomic E-state index is 13.1. The predicted molar refractivity (Wildman–Crippen MR) is 75.1 cm³/mol. The van der Waals surface area contributed by atoms with Crippen molar-refractivity contribution >= 4 is 40.5 Å². The third-order valence-electron chi connectivity index (χ3n) is 2.52. The van der Waals surface area contributed by atoms with Crippen molar-refractivity contribution in [3.63, 3.8) is 0 Å². The second-order valence-corrected chi connectivity index (χ2v) is 5.22. The van der Waals surface area contributed by atoms with Crippen molar-refractivity contribution in [2.75, 3.05) is 5.32 Å². The third-order valence-corrected chi connectivity index (χ3v) is 3.33. The van der Waals surface area contributed by atoms with Crippen LogP contribution in [-0.4, -0.2) is 0 Å². The van der Waals surface area contributed by atoms with Gasteiger partial charge in [0.2, 0.25) is 0 Å². The van der Waals surface area contributed by atoms with Crippen molar-refractivity contribution in [2.45, 2.75) is 6.54 Å². The van der Waals surface area contributed by atoms with E-state index < -0.39 is 17.5 Å². The van der Waals surface area contributed by atoms with Gasteiger partial charge >= 0.3 is 0 Å². The van der Waals surface area contributed by atoms with Gasteiger partial charge < -0.3 is 5.32 Å². The fourth-order valence-electron chi connectivity index (χ4n) is 1.61. The number of anilines is 1. The zero-order chi connectivity index (χ0) is 14.9. The molecule has 0 aromatic heterocycles. The highest BCUT2D eigenvalue weighted by atomic mass is 35.5. The zero-order valence-corrected chi connectivity index (χ0v) is 12.1. The Labute approximate surface area is 128 Å². The molecule has 20 heavy (non-hydrogen) atoms. The summed E-state index contributed by atoms with van der Waals surface area (Å²) in [5, 5.41) is 3.72. The quantitative estimate of drug-likeness (QED) is 0.709. The van der Waals surface area contributed by atoms with Crippen LogP contribution in [0.5, 0.6) is 0 Å². The average molecular weight is 341 g/mol. The van der Waals surface area contributed by atoms with Crippen LogP contribution in [0.2, 0.25) is 15.1 Å². The van der Waals surface area contributed by atoms with Gasteiger partial charge in [0.05, 0.1) is 15.7 Å². The Hall–Kier alpha value is -1.10. The second-order valence-electron chi connectivity index (χ2n) is 3.97. The monoisotopic (exact) mass is 339 g/mol. The van der Waals surface area contributed by atoms with Gasteiger partial charge in [0, 0.05) is 11.6 Å². The Morgan fingerprint density at radius 1 is 0.850 bits per heavy atom. The molecule has 0 atom stereocenters. The molecule has 2 aromatic rings. The normalized spacial score (nSPS) is 10.7. The van der Waals surface area contributed by atoms with Crippen molar-refractivity contribution in [3.05, 3.63) is 62.3 Å². The van der Waals surface area contributed by atoms with E-state index >= 15 is 0 Å². The molecule has 1 N–H and O–H groups in total. The van der Waals surface area contributed by atoms with Gasteiger partial charge in [0.25, 0.3) is 0 Å². The number of rotatable bonds is 3.